The Labute approximate surface area is 154 Å². The van der Waals surface area contributed by atoms with E-state index in [1.807, 2.05) is 0 Å². The van der Waals surface area contributed by atoms with Crippen LogP contribution in [0.1, 0.15) is 26.3 Å². The van der Waals surface area contributed by atoms with Gasteiger partial charge in [-0.15, -0.1) is 0 Å². The quantitative estimate of drug-likeness (QED) is 0.588. The summed E-state index contributed by atoms with van der Waals surface area (Å²) in [6.45, 7) is 0.107. The minimum Gasteiger partial charge on any atom is -0.493 e. The number of fused-ring (bicyclic) bond motifs is 1. The van der Waals surface area contributed by atoms with Crippen molar-refractivity contribution >= 4 is 18.1 Å². The summed E-state index contributed by atoms with van der Waals surface area (Å²) in [5.74, 6) is -0.324. The summed E-state index contributed by atoms with van der Waals surface area (Å²) in [5.41, 5.74) is 2.78. The minimum absolute atomic E-state index is 0.0658. The molecule has 3 rings (SSSR count). The van der Waals surface area contributed by atoms with E-state index >= 15 is 0 Å². The van der Waals surface area contributed by atoms with E-state index in [9.17, 15) is 14.7 Å². The number of hydrogen-bond donors (Lipinski definition) is 2. The molecule has 1 amide bonds. The maximum Gasteiger partial charge on any atom is 0.340 e. The molecule has 9 nitrogen and oxygen atoms in total. The first kappa shape index (κ1) is 18.1. The fourth-order valence-corrected chi connectivity index (χ4v) is 2.53. The SMILES string of the molecule is COc1ccc(C=NNC(=O)c2ccc3c(c2)OCO3)c(C(=O)O)c1OC. The molecule has 0 bridgehead atoms. The molecule has 2 N–H and O–H groups in total. The van der Waals surface area contributed by atoms with E-state index in [0.29, 0.717) is 17.1 Å². The molecule has 0 radical (unpaired) electrons. The lowest BCUT2D eigenvalue weighted by Crippen LogP contribution is -2.18. The molecular weight excluding hydrogens is 356 g/mol. The highest BCUT2D eigenvalue weighted by Crippen LogP contribution is 2.33. The molecule has 0 unspecified atom stereocenters. The Bertz CT molecular complexity index is 924. The zero-order valence-electron chi connectivity index (χ0n) is 14.5. The van der Waals surface area contributed by atoms with Crippen LogP contribution in [-0.2, 0) is 0 Å². The lowest BCUT2D eigenvalue weighted by molar-refractivity contribution is 0.0692. The number of carboxylic acids is 1. The normalized spacial score (nSPS) is 12.1. The first-order valence-corrected chi connectivity index (χ1v) is 7.76. The second kappa shape index (κ2) is 7.65. The Morgan fingerprint density at radius 1 is 1.15 bits per heavy atom. The molecule has 1 aliphatic rings. The molecular formula is C18H16N2O7. The van der Waals surface area contributed by atoms with E-state index in [4.69, 9.17) is 18.9 Å². The van der Waals surface area contributed by atoms with Crippen LogP contribution >= 0.6 is 0 Å². The van der Waals surface area contributed by atoms with Gasteiger partial charge in [-0.25, -0.2) is 10.2 Å². The number of benzene rings is 2. The largest absolute Gasteiger partial charge is 0.493 e. The van der Waals surface area contributed by atoms with Crippen molar-refractivity contribution in [2.45, 2.75) is 0 Å². The third-order valence-electron chi connectivity index (χ3n) is 3.80. The summed E-state index contributed by atoms with van der Waals surface area (Å²) >= 11 is 0. The average molecular weight is 372 g/mol. The zero-order valence-corrected chi connectivity index (χ0v) is 14.5. The van der Waals surface area contributed by atoms with Crippen LogP contribution in [0.4, 0.5) is 0 Å². The minimum atomic E-state index is -1.21. The Hall–Kier alpha value is -3.75. The number of amides is 1. The summed E-state index contributed by atoms with van der Waals surface area (Å²) in [6, 6.07) is 7.77. The van der Waals surface area contributed by atoms with Crippen molar-refractivity contribution in [3.63, 3.8) is 0 Å². The first-order chi connectivity index (χ1) is 13.0. The van der Waals surface area contributed by atoms with Crippen molar-refractivity contribution in [1.29, 1.82) is 0 Å². The molecule has 1 aliphatic heterocycles. The molecule has 0 saturated heterocycles. The van der Waals surface area contributed by atoms with E-state index in [-0.39, 0.29) is 29.4 Å². The summed E-state index contributed by atoms with van der Waals surface area (Å²) in [5, 5.41) is 13.3. The van der Waals surface area contributed by atoms with Gasteiger partial charge in [0.25, 0.3) is 5.91 Å². The highest BCUT2D eigenvalue weighted by molar-refractivity contribution is 6.02. The number of hydrogen-bond acceptors (Lipinski definition) is 7. The number of nitrogens with one attached hydrogen (secondary N) is 1. The molecule has 0 saturated carbocycles. The van der Waals surface area contributed by atoms with Crippen molar-refractivity contribution in [1.82, 2.24) is 5.43 Å². The average Bonchev–Trinajstić information content (AvgIpc) is 3.14. The molecule has 0 atom stereocenters. The van der Waals surface area contributed by atoms with Gasteiger partial charge in [-0.2, -0.15) is 5.10 Å². The number of hydrazone groups is 1. The highest BCUT2D eigenvalue weighted by Gasteiger charge is 2.20. The van der Waals surface area contributed by atoms with Crippen molar-refractivity contribution in [2.75, 3.05) is 21.0 Å². The summed E-state index contributed by atoms with van der Waals surface area (Å²) in [4.78, 5) is 23.8. The lowest BCUT2D eigenvalue weighted by Gasteiger charge is -2.12. The number of carboxylic acid groups (broad SMARTS) is 1. The molecule has 140 valence electrons. The van der Waals surface area contributed by atoms with Gasteiger partial charge in [-0.1, -0.05) is 0 Å². The fourth-order valence-electron chi connectivity index (χ4n) is 2.53. The Balaban J connectivity index is 1.80. The second-order valence-electron chi connectivity index (χ2n) is 5.34. The van der Waals surface area contributed by atoms with Crippen LogP contribution in [0.5, 0.6) is 23.0 Å². The van der Waals surface area contributed by atoms with Gasteiger partial charge in [0.1, 0.15) is 5.56 Å². The van der Waals surface area contributed by atoms with Crippen molar-refractivity contribution < 1.29 is 33.6 Å². The van der Waals surface area contributed by atoms with Crippen LogP contribution in [0.2, 0.25) is 0 Å². The van der Waals surface area contributed by atoms with Crippen LogP contribution in [0.15, 0.2) is 35.4 Å². The van der Waals surface area contributed by atoms with Crippen LogP contribution < -0.4 is 24.4 Å². The summed E-state index contributed by atoms with van der Waals surface area (Å²) < 4.78 is 20.6. The second-order valence-corrected chi connectivity index (χ2v) is 5.34. The van der Waals surface area contributed by atoms with Gasteiger partial charge in [-0.3, -0.25) is 4.79 Å². The number of ether oxygens (including phenoxy) is 4. The zero-order chi connectivity index (χ0) is 19.4. The molecule has 27 heavy (non-hydrogen) atoms. The highest BCUT2D eigenvalue weighted by atomic mass is 16.7. The lowest BCUT2D eigenvalue weighted by atomic mass is 10.1. The van der Waals surface area contributed by atoms with Gasteiger partial charge in [0.15, 0.2) is 23.0 Å². The van der Waals surface area contributed by atoms with Crippen LogP contribution in [0.3, 0.4) is 0 Å². The molecule has 0 aromatic heterocycles. The molecule has 2 aromatic carbocycles. The molecule has 9 heteroatoms. The number of aromatic carboxylic acids is 1. The molecule has 0 spiro atoms. The topological polar surface area (TPSA) is 116 Å². The van der Waals surface area contributed by atoms with Crippen LogP contribution in [0, 0.1) is 0 Å². The van der Waals surface area contributed by atoms with E-state index in [1.54, 1.807) is 18.2 Å². The Morgan fingerprint density at radius 2 is 1.93 bits per heavy atom. The molecule has 1 heterocycles. The maximum absolute atomic E-state index is 12.2. The van der Waals surface area contributed by atoms with E-state index in [1.165, 1.54) is 32.6 Å². The molecule has 0 aliphatic carbocycles. The smallest absolute Gasteiger partial charge is 0.340 e. The van der Waals surface area contributed by atoms with Gasteiger partial charge in [0.05, 0.1) is 20.4 Å². The van der Waals surface area contributed by atoms with Crippen molar-refractivity contribution in [3.05, 3.63) is 47.0 Å². The number of nitrogens with zero attached hydrogens (tertiary/aromatic N) is 1. The summed E-state index contributed by atoms with van der Waals surface area (Å²) in [7, 11) is 2.75. The van der Waals surface area contributed by atoms with Gasteiger partial charge >= 0.3 is 5.97 Å². The predicted octanol–water partition coefficient (Wildman–Crippen LogP) is 1.89. The van der Waals surface area contributed by atoms with Crippen molar-refractivity contribution in [2.24, 2.45) is 5.10 Å². The maximum atomic E-state index is 12.2. The molecule has 2 aromatic rings. The first-order valence-electron chi connectivity index (χ1n) is 7.76. The third kappa shape index (κ3) is 3.61. The standard InChI is InChI=1S/C18H16N2O7/c1-24-13-6-4-11(15(18(22)23)16(13)25-2)8-19-20-17(21)10-3-5-12-14(7-10)27-9-26-12/h3-8H,9H2,1-2H3,(H,20,21)(H,22,23). The fraction of sp³-hybridized carbons (Fsp3) is 0.167. The van der Waals surface area contributed by atoms with Gasteiger partial charge in [0.2, 0.25) is 6.79 Å². The number of carbonyl (C=O) groups excluding carboxylic acids is 1. The molecule has 0 fully saturated rings. The van der Waals surface area contributed by atoms with Gasteiger partial charge in [-0.05, 0) is 30.3 Å². The van der Waals surface area contributed by atoms with Gasteiger partial charge in [0, 0.05) is 11.1 Å². The monoisotopic (exact) mass is 372 g/mol. The van der Waals surface area contributed by atoms with Gasteiger partial charge < -0.3 is 24.1 Å². The Kier molecular flexibility index (Phi) is 5.11. The predicted molar refractivity (Wildman–Crippen MR) is 94.1 cm³/mol. The number of carbonyl (C=O) groups is 2. The Morgan fingerprint density at radius 3 is 2.63 bits per heavy atom. The number of rotatable bonds is 6. The van der Waals surface area contributed by atoms with E-state index in [0.717, 1.165) is 0 Å². The van der Waals surface area contributed by atoms with E-state index < -0.39 is 11.9 Å². The van der Waals surface area contributed by atoms with Crippen LogP contribution in [0.25, 0.3) is 0 Å². The van der Waals surface area contributed by atoms with Crippen LogP contribution in [-0.4, -0.2) is 44.2 Å². The van der Waals surface area contributed by atoms with E-state index in [2.05, 4.69) is 10.5 Å². The number of methoxy groups -OCH3 is 2. The van der Waals surface area contributed by atoms with Crippen molar-refractivity contribution in [3.8, 4) is 23.0 Å². The summed E-state index contributed by atoms with van der Waals surface area (Å²) in [6.07, 6.45) is 1.22. The third-order valence-corrected chi connectivity index (χ3v) is 3.80.